The van der Waals surface area contributed by atoms with Crippen molar-refractivity contribution in [3.8, 4) is 5.69 Å². The molecule has 3 aromatic carbocycles. The summed E-state index contributed by atoms with van der Waals surface area (Å²) in [4.78, 5) is 48.5. The Morgan fingerprint density at radius 2 is 1.61 bits per heavy atom. The van der Waals surface area contributed by atoms with Gasteiger partial charge in [-0.05, 0) is 42.3 Å². The monoisotopic (exact) mass is 544 g/mol. The van der Waals surface area contributed by atoms with Crippen LogP contribution in [0.5, 0.6) is 0 Å². The zero-order valence-corrected chi connectivity index (χ0v) is 22.0. The minimum absolute atomic E-state index is 0.00918. The molecule has 0 aliphatic carbocycles. The van der Waals surface area contributed by atoms with E-state index in [1.807, 2.05) is 44.2 Å². The van der Waals surface area contributed by atoms with E-state index in [0.717, 1.165) is 5.56 Å². The lowest BCUT2D eigenvalue weighted by Gasteiger charge is -2.32. The highest BCUT2D eigenvalue weighted by Crippen LogP contribution is 2.56. The number of rotatable bonds is 2. The minimum atomic E-state index is -1.18. The van der Waals surface area contributed by atoms with Crippen LogP contribution in [0.25, 0.3) is 16.6 Å². The standard InChI is InChI=1S/C29H22Cl2N4O3/c1-14(2)24-22-23(27(38)34(26(22)37)17-12-15(30)11-16(31)13-17)29(33-24)19-8-4-6-10-21(19)35-25(36)18-7-3-5-9-20(18)32-28(29)35/h3-14,22-24,33H,1-2H3/t22-,23-,24+,29+/m1/s1. The smallest absolute Gasteiger partial charge is 0.266 e. The largest absolute Gasteiger partial charge is 0.296 e. The number of halogens is 2. The Balaban J connectivity index is 1.53. The second kappa shape index (κ2) is 7.99. The zero-order valence-electron chi connectivity index (χ0n) is 20.5. The topological polar surface area (TPSA) is 84.3 Å². The third-order valence-corrected chi connectivity index (χ3v) is 8.56. The van der Waals surface area contributed by atoms with E-state index in [1.54, 1.807) is 41.0 Å². The lowest BCUT2D eigenvalue weighted by atomic mass is 9.75. The van der Waals surface area contributed by atoms with Crippen LogP contribution < -0.4 is 15.8 Å². The van der Waals surface area contributed by atoms with Gasteiger partial charge >= 0.3 is 0 Å². The molecule has 1 N–H and O–H groups in total. The van der Waals surface area contributed by atoms with E-state index in [9.17, 15) is 14.4 Å². The number of fused-ring (bicyclic) bond motifs is 8. The van der Waals surface area contributed by atoms with E-state index < -0.39 is 17.4 Å². The molecule has 4 heterocycles. The summed E-state index contributed by atoms with van der Waals surface area (Å²) in [7, 11) is 0. The molecule has 1 spiro atoms. The quantitative estimate of drug-likeness (QED) is 0.370. The fourth-order valence-electron chi connectivity index (χ4n) is 6.65. The number of hydrogen-bond donors (Lipinski definition) is 1. The molecule has 190 valence electrons. The molecule has 0 bridgehead atoms. The first-order valence-corrected chi connectivity index (χ1v) is 13.2. The normalized spacial score (nSPS) is 25.5. The van der Waals surface area contributed by atoms with Crippen LogP contribution in [-0.4, -0.2) is 27.4 Å². The number of nitrogens with one attached hydrogen (secondary N) is 1. The Bertz CT molecular complexity index is 1750. The third-order valence-electron chi connectivity index (χ3n) is 8.12. The summed E-state index contributed by atoms with van der Waals surface area (Å²) in [6.45, 7) is 4.04. The van der Waals surface area contributed by atoms with Crippen LogP contribution in [0.15, 0.2) is 71.5 Å². The highest BCUT2D eigenvalue weighted by Gasteiger charge is 2.70. The Morgan fingerprint density at radius 1 is 0.921 bits per heavy atom. The Hall–Kier alpha value is -3.52. The van der Waals surface area contributed by atoms with Crippen molar-refractivity contribution in [3.63, 3.8) is 0 Å². The number of carbonyl (C=O) groups is 2. The van der Waals surface area contributed by atoms with Crippen LogP contribution >= 0.6 is 23.2 Å². The van der Waals surface area contributed by atoms with Crippen molar-refractivity contribution < 1.29 is 9.59 Å². The Labute approximate surface area is 228 Å². The van der Waals surface area contributed by atoms with Gasteiger partial charge in [0.25, 0.3) is 5.56 Å². The number of nitrogens with zero attached hydrogens (tertiary/aromatic N) is 3. The van der Waals surface area contributed by atoms with Gasteiger partial charge in [-0.15, -0.1) is 0 Å². The number of anilines is 1. The van der Waals surface area contributed by atoms with Crippen molar-refractivity contribution in [3.05, 3.63) is 98.5 Å². The summed E-state index contributed by atoms with van der Waals surface area (Å²) < 4.78 is 1.60. The van der Waals surface area contributed by atoms with Gasteiger partial charge in [0.1, 0.15) is 11.4 Å². The van der Waals surface area contributed by atoms with Crippen LogP contribution in [0.4, 0.5) is 5.69 Å². The first-order valence-electron chi connectivity index (χ1n) is 12.5. The van der Waals surface area contributed by atoms with E-state index in [2.05, 4.69) is 5.32 Å². The first-order chi connectivity index (χ1) is 18.2. The van der Waals surface area contributed by atoms with Crippen LogP contribution in [0, 0.1) is 17.8 Å². The predicted octanol–water partition coefficient (Wildman–Crippen LogP) is 4.68. The van der Waals surface area contributed by atoms with Gasteiger partial charge in [-0.3, -0.25) is 24.3 Å². The summed E-state index contributed by atoms with van der Waals surface area (Å²) in [5, 5.41) is 4.83. The number of benzene rings is 3. The molecule has 3 aliphatic heterocycles. The second-order valence-corrected chi connectivity index (χ2v) is 11.3. The molecule has 0 radical (unpaired) electrons. The van der Waals surface area contributed by atoms with Crippen molar-refractivity contribution >= 4 is 51.6 Å². The number of para-hydroxylation sites is 2. The van der Waals surface area contributed by atoms with E-state index in [1.165, 1.54) is 4.90 Å². The number of amides is 2. The average molecular weight is 545 g/mol. The summed E-state index contributed by atoms with van der Waals surface area (Å²) in [6, 6.07) is 19.1. The van der Waals surface area contributed by atoms with Gasteiger partial charge in [0.15, 0.2) is 0 Å². The Kier molecular flexibility index (Phi) is 4.96. The lowest BCUT2D eigenvalue weighted by Crippen LogP contribution is -2.51. The summed E-state index contributed by atoms with van der Waals surface area (Å²) in [5.74, 6) is -1.77. The summed E-state index contributed by atoms with van der Waals surface area (Å²) in [5.41, 5.74) is 0.897. The van der Waals surface area contributed by atoms with Gasteiger partial charge in [0, 0.05) is 21.7 Å². The molecule has 2 saturated heterocycles. The van der Waals surface area contributed by atoms with Crippen LogP contribution in [0.2, 0.25) is 10.0 Å². The van der Waals surface area contributed by atoms with E-state index in [0.29, 0.717) is 38.1 Å². The molecule has 0 unspecified atom stereocenters. The number of aromatic nitrogens is 2. The molecule has 9 heteroatoms. The molecule has 4 aromatic rings. The molecule has 38 heavy (non-hydrogen) atoms. The number of imide groups is 1. The number of hydrogen-bond acceptors (Lipinski definition) is 5. The maximum atomic E-state index is 14.4. The summed E-state index contributed by atoms with van der Waals surface area (Å²) in [6.07, 6.45) is 0. The minimum Gasteiger partial charge on any atom is -0.296 e. The van der Waals surface area contributed by atoms with Crippen molar-refractivity contribution in [2.45, 2.75) is 25.4 Å². The fraction of sp³-hybridized carbons (Fsp3) is 0.241. The predicted molar refractivity (Wildman–Crippen MR) is 146 cm³/mol. The van der Waals surface area contributed by atoms with Gasteiger partial charge in [0.05, 0.1) is 34.1 Å². The van der Waals surface area contributed by atoms with Crippen LogP contribution in [0.3, 0.4) is 0 Å². The van der Waals surface area contributed by atoms with E-state index in [4.69, 9.17) is 28.2 Å². The molecule has 7 nitrogen and oxygen atoms in total. The van der Waals surface area contributed by atoms with Crippen LogP contribution in [0.1, 0.15) is 25.2 Å². The highest BCUT2D eigenvalue weighted by molar-refractivity contribution is 6.35. The molecule has 1 aromatic heterocycles. The van der Waals surface area contributed by atoms with E-state index in [-0.39, 0.29) is 29.3 Å². The molecular weight excluding hydrogens is 523 g/mol. The second-order valence-electron chi connectivity index (χ2n) is 10.5. The third kappa shape index (κ3) is 2.89. The van der Waals surface area contributed by atoms with Crippen molar-refractivity contribution in [2.24, 2.45) is 17.8 Å². The van der Waals surface area contributed by atoms with Crippen molar-refractivity contribution in [1.82, 2.24) is 14.9 Å². The molecule has 7 rings (SSSR count). The van der Waals surface area contributed by atoms with Crippen molar-refractivity contribution in [1.29, 1.82) is 0 Å². The molecule has 2 amide bonds. The maximum Gasteiger partial charge on any atom is 0.266 e. The molecule has 3 aliphatic rings. The zero-order chi connectivity index (χ0) is 26.5. The van der Waals surface area contributed by atoms with Gasteiger partial charge in [-0.2, -0.15) is 0 Å². The average Bonchev–Trinajstić information content (AvgIpc) is 3.47. The maximum absolute atomic E-state index is 14.4. The molecule has 0 saturated carbocycles. The number of carbonyl (C=O) groups excluding carboxylic acids is 2. The Morgan fingerprint density at radius 3 is 2.34 bits per heavy atom. The SMILES string of the molecule is CC(C)[C@@H]1N[C@@]2(c3ccccc3-n3c2nc2ccccc2c3=O)[C@H]2C(=O)N(c3cc(Cl)cc(Cl)c3)C(=O)[C@@H]12. The van der Waals surface area contributed by atoms with Crippen LogP contribution in [-0.2, 0) is 15.1 Å². The molecule has 4 atom stereocenters. The fourth-order valence-corrected chi connectivity index (χ4v) is 7.16. The van der Waals surface area contributed by atoms with Gasteiger partial charge < -0.3 is 0 Å². The van der Waals surface area contributed by atoms with Gasteiger partial charge in [-0.25, -0.2) is 9.88 Å². The highest BCUT2D eigenvalue weighted by atomic mass is 35.5. The molecule has 2 fully saturated rings. The summed E-state index contributed by atoms with van der Waals surface area (Å²) >= 11 is 12.5. The van der Waals surface area contributed by atoms with Crippen molar-refractivity contribution in [2.75, 3.05) is 4.90 Å². The lowest BCUT2D eigenvalue weighted by molar-refractivity contribution is -0.123. The first kappa shape index (κ1) is 23.6. The molecular formula is C29H22Cl2N4O3. The van der Waals surface area contributed by atoms with E-state index >= 15 is 0 Å². The van der Waals surface area contributed by atoms with Gasteiger partial charge in [-0.1, -0.05) is 67.4 Å². The van der Waals surface area contributed by atoms with Gasteiger partial charge in [0.2, 0.25) is 11.8 Å².